The Kier molecular flexibility index (Phi) is 2.88. The highest BCUT2D eigenvalue weighted by Gasteiger charge is 2.45. The molecule has 1 saturated carbocycles. The van der Waals surface area contributed by atoms with E-state index in [0.29, 0.717) is 24.2 Å². The van der Waals surface area contributed by atoms with Crippen LogP contribution >= 0.6 is 0 Å². The molecule has 0 aliphatic heterocycles. The van der Waals surface area contributed by atoms with Crippen LogP contribution in [0.15, 0.2) is 11.6 Å². The Morgan fingerprint density at radius 3 is 2.65 bits per heavy atom. The molecule has 0 bridgehead atoms. The average molecular weight is 236 g/mol. The largest absolute Gasteiger partial charge is 0.457 e. The molecule has 1 unspecified atom stereocenters. The van der Waals surface area contributed by atoms with Gasteiger partial charge in [0.05, 0.1) is 0 Å². The van der Waals surface area contributed by atoms with Crippen molar-refractivity contribution in [1.29, 1.82) is 0 Å². The summed E-state index contributed by atoms with van der Waals surface area (Å²) in [5.41, 5.74) is -0.0326. The summed E-state index contributed by atoms with van der Waals surface area (Å²) in [6.07, 6.45) is 5.77. The van der Waals surface area contributed by atoms with E-state index in [1.807, 2.05) is 26.8 Å². The van der Waals surface area contributed by atoms with E-state index in [9.17, 15) is 9.59 Å². The smallest absolute Gasteiger partial charge is 0.334 e. The first-order valence-corrected chi connectivity index (χ1v) is 6.28. The van der Waals surface area contributed by atoms with E-state index >= 15 is 0 Å². The monoisotopic (exact) mass is 236 g/mol. The molecular formula is C14H20O3. The van der Waals surface area contributed by atoms with Gasteiger partial charge in [0.25, 0.3) is 0 Å². The van der Waals surface area contributed by atoms with Crippen LogP contribution in [0.3, 0.4) is 0 Å². The van der Waals surface area contributed by atoms with E-state index in [1.54, 1.807) is 0 Å². The fourth-order valence-electron chi connectivity index (χ4n) is 2.72. The predicted molar refractivity (Wildman–Crippen MR) is 64.5 cm³/mol. The van der Waals surface area contributed by atoms with E-state index < -0.39 is 5.60 Å². The number of rotatable bonds is 1. The zero-order valence-electron chi connectivity index (χ0n) is 10.8. The lowest BCUT2D eigenvalue weighted by atomic mass is 9.82. The number of hydrogen-bond acceptors (Lipinski definition) is 3. The van der Waals surface area contributed by atoms with Crippen LogP contribution in [0, 0.1) is 5.41 Å². The average Bonchev–Trinajstić information content (AvgIpc) is 2.74. The van der Waals surface area contributed by atoms with Crippen molar-refractivity contribution in [2.75, 3.05) is 0 Å². The van der Waals surface area contributed by atoms with Gasteiger partial charge in [-0.2, -0.15) is 0 Å². The third-order valence-electron chi connectivity index (χ3n) is 3.58. The lowest BCUT2D eigenvalue weighted by Crippen LogP contribution is -2.27. The van der Waals surface area contributed by atoms with Crippen molar-refractivity contribution in [3.8, 4) is 0 Å². The SMILES string of the molecule is CC(C)(C)OC(=O)C1=CCC2(CCCC2=O)C1. The lowest BCUT2D eigenvalue weighted by molar-refractivity contribution is -0.150. The number of carbonyl (C=O) groups is 2. The quantitative estimate of drug-likeness (QED) is 0.657. The molecule has 0 amide bonds. The Labute approximate surface area is 102 Å². The maximum absolute atomic E-state index is 11.9. The van der Waals surface area contributed by atoms with Crippen LogP contribution in [-0.4, -0.2) is 17.4 Å². The first-order chi connectivity index (χ1) is 7.82. The van der Waals surface area contributed by atoms with Crippen LogP contribution in [0.4, 0.5) is 0 Å². The molecule has 2 rings (SSSR count). The molecule has 0 N–H and O–H groups in total. The van der Waals surface area contributed by atoms with Gasteiger partial charge in [-0.25, -0.2) is 4.79 Å². The Morgan fingerprint density at radius 1 is 1.41 bits per heavy atom. The van der Waals surface area contributed by atoms with Gasteiger partial charge < -0.3 is 4.74 Å². The van der Waals surface area contributed by atoms with Crippen LogP contribution < -0.4 is 0 Å². The van der Waals surface area contributed by atoms with E-state index in [0.717, 1.165) is 19.3 Å². The predicted octanol–water partition coefficient (Wildman–Crippen LogP) is 2.79. The molecule has 0 aromatic heterocycles. The third kappa shape index (κ3) is 2.43. The minimum Gasteiger partial charge on any atom is -0.457 e. The van der Waals surface area contributed by atoms with E-state index in [4.69, 9.17) is 4.74 Å². The van der Waals surface area contributed by atoms with Gasteiger partial charge in [-0.05, 0) is 46.5 Å². The van der Waals surface area contributed by atoms with Gasteiger partial charge in [-0.15, -0.1) is 0 Å². The first-order valence-electron chi connectivity index (χ1n) is 6.28. The molecule has 0 aromatic carbocycles. The molecule has 2 aliphatic rings. The van der Waals surface area contributed by atoms with Gasteiger partial charge >= 0.3 is 5.97 Å². The molecule has 17 heavy (non-hydrogen) atoms. The van der Waals surface area contributed by atoms with Crippen molar-refractivity contribution in [3.05, 3.63) is 11.6 Å². The Hall–Kier alpha value is -1.12. The first kappa shape index (κ1) is 12.3. The highest BCUT2D eigenvalue weighted by molar-refractivity contribution is 5.94. The molecule has 1 atom stereocenters. The van der Waals surface area contributed by atoms with Gasteiger partial charge in [-0.1, -0.05) is 6.08 Å². The molecule has 0 saturated heterocycles. The summed E-state index contributed by atoms with van der Waals surface area (Å²) in [5, 5.41) is 0. The maximum atomic E-state index is 11.9. The van der Waals surface area contributed by atoms with Crippen LogP contribution in [0.25, 0.3) is 0 Å². The van der Waals surface area contributed by atoms with Crippen molar-refractivity contribution in [2.45, 2.75) is 58.5 Å². The van der Waals surface area contributed by atoms with Crippen LogP contribution in [0.1, 0.15) is 52.9 Å². The summed E-state index contributed by atoms with van der Waals surface area (Å²) in [4.78, 5) is 23.8. The molecule has 1 fully saturated rings. The Balaban J connectivity index is 2.02. The second kappa shape index (κ2) is 3.97. The van der Waals surface area contributed by atoms with Crippen molar-refractivity contribution in [3.63, 3.8) is 0 Å². The normalized spacial score (nSPS) is 28.6. The topological polar surface area (TPSA) is 43.4 Å². The van der Waals surface area contributed by atoms with Crippen molar-refractivity contribution >= 4 is 11.8 Å². The highest BCUT2D eigenvalue weighted by atomic mass is 16.6. The zero-order valence-corrected chi connectivity index (χ0v) is 10.8. The molecule has 2 aliphatic carbocycles. The maximum Gasteiger partial charge on any atom is 0.334 e. The standard InChI is InChI=1S/C14H20O3/c1-13(2,3)17-12(16)10-6-8-14(9-10)7-4-5-11(14)15/h6H,4-5,7-9H2,1-3H3. The number of ketones is 1. The molecule has 0 heterocycles. The summed E-state index contributed by atoms with van der Waals surface area (Å²) >= 11 is 0. The van der Waals surface area contributed by atoms with E-state index in [1.165, 1.54) is 0 Å². The Bertz CT molecular complexity index is 387. The van der Waals surface area contributed by atoms with Crippen LogP contribution in [0.2, 0.25) is 0 Å². The number of carbonyl (C=O) groups excluding carboxylic acids is 2. The van der Waals surface area contributed by atoms with Crippen LogP contribution in [0.5, 0.6) is 0 Å². The van der Waals surface area contributed by atoms with Crippen molar-refractivity contribution in [2.24, 2.45) is 5.41 Å². The molecular weight excluding hydrogens is 216 g/mol. The minimum absolute atomic E-state index is 0.255. The summed E-state index contributed by atoms with van der Waals surface area (Å²) < 4.78 is 5.34. The summed E-state index contributed by atoms with van der Waals surface area (Å²) in [5.74, 6) is 0.0707. The van der Waals surface area contributed by atoms with Crippen molar-refractivity contribution < 1.29 is 14.3 Å². The number of esters is 1. The zero-order chi connectivity index (χ0) is 12.7. The highest BCUT2D eigenvalue weighted by Crippen LogP contribution is 2.47. The number of Topliss-reactive ketones (excluding diaryl/α,β-unsaturated/α-hetero) is 1. The van der Waals surface area contributed by atoms with Gasteiger partial charge in [-0.3, -0.25) is 4.79 Å². The Morgan fingerprint density at radius 2 is 2.12 bits per heavy atom. The molecule has 94 valence electrons. The summed E-state index contributed by atoms with van der Waals surface area (Å²) in [6, 6.07) is 0. The molecule has 3 nitrogen and oxygen atoms in total. The number of hydrogen-bond donors (Lipinski definition) is 0. The summed E-state index contributed by atoms with van der Waals surface area (Å²) in [7, 11) is 0. The fourth-order valence-corrected chi connectivity index (χ4v) is 2.72. The second-order valence-corrected chi connectivity index (χ2v) is 6.17. The number of allylic oxidation sites excluding steroid dienone is 1. The van der Waals surface area contributed by atoms with Gasteiger partial charge in [0.2, 0.25) is 0 Å². The molecule has 0 aromatic rings. The lowest BCUT2D eigenvalue weighted by Gasteiger charge is -2.23. The third-order valence-corrected chi connectivity index (χ3v) is 3.58. The van der Waals surface area contributed by atoms with E-state index in [-0.39, 0.29) is 11.4 Å². The number of ether oxygens (including phenoxy) is 1. The molecule has 1 spiro atoms. The van der Waals surface area contributed by atoms with Crippen LogP contribution in [-0.2, 0) is 14.3 Å². The minimum atomic E-state index is -0.465. The van der Waals surface area contributed by atoms with E-state index in [2.05, 4.69) is 0 Å². The fraction of sp³-hybridized carbons (Fsp3) is 0.714. The van der Waals surface area contributed by atoms with Gasteiger partial charge in [0, 0.05) is 17.4 Å². The molecule has 0 radical (unpaired) electrons. The summed E-state index contributed by atoms with van der Waals surface area (Å²) in [6.45, 7) is 5.57. The van der Waals surface area contributed by atoms with Crippen molar-refractivity contribution in [1.82, 2.24) is 0 Å². The van der Waals surface area contributed by atoms with Gasteiger partial charge in [0.1, 0.15) is 11.4 Å². The molecule has 3 heteroatoms. The van der Waals surface area contributed by atoms with Gasteiger partial charge in [0.15, 0.2) is 0 Å². The second-order valence-electron chi connectivity index (χ2n) is 6.17.